The minimum atomic E-state index is 0.385. The van der Waals surface area contributed by atoms with Gasteiger partial charge in [0.15, 0.2) is 0 Å². The molecule has 0 radical (unpaired) electrons. The number of aryl methyl sites for hydroxylation is 1. The minimum absolute atomic E-state index is 0.385. The molecule has 0 spiro atoms. The van der Waals surface area contributed by atoms with Crippen LogP contribution in [0.3, 0.4) is 0 Å². The van der Waals surface area contributed by atoms with Crippen LogP contribution in [0.15, 0.2) is 12.3 Å². The predicted octanol–water partition coefficient (Wildman–Crippen LogP) is 1.46. The Morgan fingerprint density at radius 2 is 2.42 bits per heavy atom. The van der Waals surface area contributed by atoms with E-state index in [0.29, 0.717) is 12.2 Å². The number of aromatic nitrogens is 1. The van der Waals surface area contributed by atoms with Crippen molar-refractivity contribution in [1.82, 2.24) is 4.98 Å². The summed E-state index contributed by atoms with van der Waals surface area (Å²) < 4.78 is 4.98. The number of hydrogen-bond acceptors (Lipinski definition) is 3. The SMILES string of the molecule is COc1cnc(C)c(CC#N)c1. The number of pyridine rings is 1. The molecule has 1 aromatic rings. The van der Waals surface area contributed by atoms with Gasteiger partial charge >= 0.3 is 0 Å². The van der Waals surface area contributed by atoms with Crippen LogP contribution in [0.1, 0.15) is 11.3 Å². The van der Waals surface area contributed by atoms with Crippen LogP contribution in [0.25, 0.3) is 0 Å². The van der Waals surface area contributed by atoms with Gasteiger partial charge in [-0.1, -0.05) is 0 Å². The normalized spacial score (nSPS) is 9.08. The van der Waals surface area contributed by atoms with E-state index >= 15 is 0 Å². The van der Waals surface area contributed by atoms with Crippen LogP contribution >= 0.6 is 0 Å². The molecule has 0 fully saturated rings. The van der Waals surface area contributed by atoms with Crippen molar-refractivity contribution in [3.8, 4) is 11.8 Å². The Kier molecular flexibility index (Phi) is 2.65. The molecule has 0 N–H and O–H groups in total. The highest BCUT2D eigenvalue weighted by Crippen LogP contribution is 2.14. The lowest BCUT2D eigenvalue weighted by molar-refractivity contribution is 0.412. The first-order valence-electron chi connectivity index (χ1n) is 3.64. The molecule has 0 bridgehead atoms. The molecule has 62 valence electrons. The molecule has 3 nitrogen and oxygen atoms in total. The van der Waals surface area contributed by atoms with E-state index in [1.807, 2.05) is 13.0 Å². The Labute approximate surface area is 71.6 Å². The quantitative estimate of drug-likeness (QED) is 0.661. The first kappa shape index (κ1) is 8.54. The fourth-order valence-corrected chi connectivity index (χ4v) is 0.933. The lowest BCUT2D eigenvalue weighted by atomic mass is 10.1. The zero-order valence-electron chi connectivity index (χ0n) is 7.16. The van der Waals surface area contributed by atoms with Crippen molar-refractivity contribution in [3.63, 3.8) is 0 Å². The number of hydrogen-bond donors (Lipinski definition) is 0. The summed E-state index contributed by atoms with van der Waals surface area (Å²) in [5, 5.41) is 8.49. The maximum atomic E-state index is 8.49. The molecule has 1 aromatic heterocycles. The van der Waals surface area contributed by atoms with Gasteiger partial charge in [0.1, 0.15) is 5.75 Å². The van der Waals surface area contributed by atoms with Crippen molar-refractivity contribution in [1.29, 1.82) is 5.26 Å². The van der Waals surface area contributed by atoms with Crippen molar-refractivity contribution in [3.05, 3.63) is 23.5 Å². The van der Waals surface area contributed by atoms with E-state index in [2.05, 4.69) is 11.1 Å². The molecule has 0 aliphatic rings. The molecule has 0 unspecified atom stereocenters. The van der Waals surface area contributed by atoms with E-state index in [-0.39, 0.29) is 0 Å². The third-order valence-electron chi connectivity index (χ3n) is 1.67. The van der Waals surface area contributed by atoms with Crippen molar-refractivity contribution in [2.75, 3.05) is 7.11 Å². The summed E-state index contributed by atoms with van der Waals surface area (Å²) in [5.41, 5.74) is 1.81. The van der Waals surface area contributed by atoms with E-state index in [1.165, 1.54) is 0 Å². The third kappa shape index (κ3) is 1.73. The zero-order chi connectivity index (χ0) is 8.97. The summed E-state index contributed by atoms with van der Waals surface area (Å²) in [6.07, 6.45) is 2.03. The van der Waals surface area contributed by atoms with E-state index in [0.717, 1.165) is 11.3 Å². The molecule has 0 saturated carbocycles. The van der Waals surface area contributed by atoms with Crippen LogP contribution in [0.4, 0.5) is 0 Å². The first-order valence-corrected chi connectivity index (χ1v) is 3.64. The Hall–Kier alpha value is -1.56. The van der Waals surface area contributed by atoms with Crippen LogP contribution < -0.4 is 4.74 Å². The largest absolute Gasteiger partial charge is 0.495 e. The van der Waals surface area contributed by atoms with E-state index < -0.39 is 0 Å². The number of methoxy groups -OCH3 is 1. The van der Waals surface area contributed by atoms with Crippen LogP contribution in [0, 0.1) is 18.3 Å². The van der Waals surface area contributed by atoms with E-state index in [9.17, 15) is 0 Å². The maximum Gasteiger partial charge on any atom is 0.137 e. The average Bonchev–Trinajstić information content (AvgIpc) is 2.09. The lowest BCUT2D eigenvalue weighted by Gasteiger charge is -2.03. The van der Waals surface area contributed by atoms with Crippen molar-refractivity contribution >= 4 is 0 Å². The van der Waals surface area contributed by atoms with Gasteiger partial charge in [-0.2, -0.15) is 5.26 Å². The average molecular weight is 162 g/mol. The number of nitrogens with zero attached hydrogens (tertiary/aromatic N) is 2. The molecule has 1 heterocycles. The highest BCUT2D eigenvalue weighted by Gasteiger charge is 2.00. The van der Waals surface area contributed by atoms with Crippen LogP contribution in [0.2, 0.25) is 0 Å². The summed E-state index contributed by atoms with van der Waals surface area (Å²) in [4.78, 5) is 4.09. The first-order chi connectivity index (χ1) is 5.77. The lowest BCUT2D eigenvalue weighted by Crippen LogP contribution is -1.93. The van der Waals surface area contributed by atoms with Gasteiger partial charge in [-0.3, -0.25) is 4.98 Å². The summed E-state index contributed by atoms with van der Waals surface area (Å²) >= 11 is 0. The van der Waals surface area contributed by atoms with Crippen LogP contribution in [-0.4, -0.2) is 12.1 Å². The van der Waals surface area contributed by atoms with Gasteiger partial charge in [0.05, 0.1) is 25.8 Å². The van der Waals surface area contributed by atoms with Crippen molar-refractivity contribution in [2.24, 2.45) is 0 Å². The molecule has 1 rings (SSSR count). The highest BCUT2D eigenvalue weighted by molar-refractivity contribution is 5.30. The summed E-state index contributed by atoms with van der Waals surface area (Å²) in [6, 6.07) is 3.92. The Morgan fingerprint density at radius 1 is 1.67 bits per heavy atom. The fourth-order valence-electron chi connectivity index (χ4n) is 0.933. The van der Waals surface area contributed by atoms with Gasteiger partial charge in [-0.15, -0.1) is 0 Å². The highest BCUT2D eigenvalue weighted by atomic mass is 16.5. The second-order valence-electron chi connectivity index (χ2n) is 2.45. The Morgan fingerprint density at radius 3 is 3.00 bits per heavy atom. The van der Waals surface area contributed by atoms with Gasteiger partial charge in [0.2, 0.25) is 0 Å². The van der Waals surface area contributed by atoms with Gasteiger partial charge in [-0.25, -0.2) is 0 Å². The molecule has 0 atom stereocenters. The minimum Gasteiger partial charge on any atom is -0.495 e. The van der Waals surface area contributed by atoms with E-state index in [1.54, 1.807) is 13.3 Å². The topological polar surface area (TPSA) is 45.9 Å². The molecular weight excluding hydrogens is 152 g/mol. The molecule has 0 aliphatic carbocycles. The van der Waals surface area contributed by atoms with E-state index in [4.69, 9.17) is 10.00 Å². The van der Waals surface area contributed by atoms with Gasteiger partial charge in [0, 0.05) is 5.69 Å². The van der Waals surface area contributed by atoms with Gasteiger partial charge in [0.25, 0.3) is 0 Å². The second-order valence-corrected chi connectivity index (χ2v) is 2.45. The molecule has 3 heteroatoms. The number of rotatable bonds is 2. The smallest absolute Gasteiger partial charge is 0.137 e. The number of ether oxygens (including phenoxy) is 1. The summed E-state index contributed by atoms with van der Waals surface area (Å²) in [6.45, 7) is 1.88. The van der Waals surface area contributed by atoms with Crippen molar-refractivity contribution in [2.45, 2.75) is 13.3 Å². The van der Waals surface area contributed by atoms with Crippen molar-refractivity contribution < 1.29 is 4.74 Å². The zero-order valence-corrected chi connectivity index (χ0v) is 7.16. The maximum absolute atomic E-state index is 8.49. The standard InChI is InChI=1S/C9H10N2O/c1-7-8(3-4-10)5-9(12-2)6-11-7/h5-6H,3H2,1-2H3. The summed E-state index contributed by atoms with van der Waals surface area (Å²) in [5.74, 6) is 0.700. The predicted molar refractivity (Wildman–Crippen MR) is 44.8 cm³/mol. The molecule has 0 aromatic carbocycles. The molecule has 12 heavy (non-hydrogen) atoms. The fraction of sp³-hybridized carbons (Fsp3) is 0.333. The Balaban J connectivity index is 3.01. The van der Waals surface area contributed by atoms with Crippen LogP contribution in [0.5, 0.6) is 5.75 Å². The monoisotopic (exact) mass is 162 g/mol. The van der Waals surface area contributed by atoms with Crippen LogP contribution in [-0.2, 0) is 6.42 Å². The molecule has 0 saturated heterocycles. The second kappa shape index (κ2) is 3.72. The number of nitriles is 1. The summed E-state index contributed by atoms with van der Waals surface area (Å²) in [7, 11) is 1.59. The molecular formula is C9H10N2O. The molecule has 0 aliphatic heterocycles. The third-order valence-corrected chi connectivity index (χ3v) is 1.67. The van der Waals surface area contributed by atoms with Gasteiger partial charge < -0.3 is 4.74 Å². The van der Waals surface area contributed by atoms with Gasteiger partial charge in [-0.05, 0) is 18.6 Å². The Bertz CT molecular complexity index is 315. The molecule has 0 amide bonds.